The number of aryl methyl sites for hydroxylation is 3. The molecular weight excluding hydrogens is 346 g/mol. The van der Waals surface area contributed by atoms with Crippen LogP contribution < -0.4 is 10.6 Å². The zero-order valence-electron chi connectivity index (χ0n) is 15.6. The van der Waals surface area contributed by atoms with Gasteiger partial charge < -0.3 is 15.8 Å². The summed E-state index contributed by atoms with van der Waals surface area (Å²) in [5.74, 6) is -1.39. The maximum absolute atomic E-state index is 11.4. The number of carbonyl (C=O) groups is 3. The normalized spacial score (nSPS) is 12.3. The van der Waals surface area contributed by atoms with Crippen LogP contribution in [0.1, 0.15) is 32.6 Å². The van der Waals surface area contributed by atoms with Gasteiger partial charge in [-0.15, -0.1) is 0 Å². The summed E-state index contributed by atoms with van der Waals surface area (Å²) in [6.45, 7) is 7.74. The third kappa shape index (κ3) is 4.58. The molecule has 1 aliphatic rings. The summed E-state index contributed by atoms with van der Waals surface area (Å²) in [5, 5.41) is 15.8. The Labute approximate surface area is 157 Å². The van der Waals surface area contributed by atoms with Crippen LogP contribution in [0.25, 0.3) is 0 Å². The quantitative estimate of drug-likeness (QED) is 0.328. The van der Waals surface area contributed by atoms with Crippen molar-refractivity contribution in [2.75, 3.05) is 10.6 Å². The van der Waals surface area contributed by atoms with E-state index < -0.39 is 17.6 Å². The molecule has 27 heavy (non-hydrogen) atoms. The Balaban J connectivity index is 0.000000194. The smallest absolute Gasteiger partial charge is 0.296 e. The number of amides is 2. The van der Waals surface area contributed by atoms with Crippen LogP contribution in [-0.2, 0) is 9.59 Å². The van der Waals surface area contributed by atoms with Gasteiger partial charge in [-0.05, 0) is 68.1 Å². The molecule has 7 nitrogen and oxygen atoms in total. The molecular formula is C20H21N3O4. The van der Waals surface area contributed by atoms with Gasteiger partial charge in [-0.2, -0.15) is 0 Å². The van der Waals surface area contributed by atoms with Gasteiger partial charge in [0.1, 0.15) is 6.21 Å². The van der Waals surface area contributed by atoms with Crippen molar-refractivity contribution in [2.24, 2.45) is 5.16 Å². The summed E-state index contributed by atoms with van der Waals surface area (Å²) < 4.78 is 0. The fourth-order valence-electron chi connectivity index (χ4n) is 2.55. The van der Waals surface area contributed by atoms with Crippen LogP contribution in [-0.4, -0.2) is 29.0 Å². The molecule has 0 bridgehead atoms. The van der Waals surface area contributed by atoms with Gasteiger partial charge >= 0.3 is 0 Å². The summed E-state index contributed by atoms with van der Waals surface area (Å²) >= 11 is 0. The maximum Gasteiger partial charge on any atom is 0.296 e. The number of hydrogen-bond donors (Lipinski definition) is 3. The van der Waals surface area contributed by atoms with Gasteiger partial charge in [0.05, 0.1) is 11.3 Å². The minimum atomic E-state index is -0.524. The monoisotopic (exact) mass is 367 g/mol. The third-order valence-electron chi connectivity index (χ3n) is 4.37. The molecule has 2 amide bonds. The number of carbonyl (C=O) groups excluding carboxylic acids is 3. The molecule has 1 aliphatic heterocycles. The number of nitrogens with zero attached hydrogens (tertiary/aromatic N) is 1. The van der Waals surface area contributed by atoms with Gasteiger partial charge in [-0.25, -0.2) is 0 Å². The van der Waals surface area contributed by atoms with Crippen molar-refractivity contribution in [3.05, 3.63) is 58.1 Å². The zero-order chi connectivity index (χ0) is 20.1. The lowest BCUT2D eigenvalue weighted by molar-refractivity contribution is -0.112. The summed E-state index contributed by atoms with van der Waals surface area (Å²) in [4.78, 5) is 33.4. The molecule has 0 fully saturated rings. The molecule has 0 aliphatic carbocycles. The average molecular weight is 367 g/mol. The first kappa shape index (κ1) is 19.8. The fraction of sp³-hybridized carbons (Fsp3) is 0.200. The van der Waals surface area contributed by atoms with Crippen molar-refractivity contribution in [1.82, 2.24) is 0 Å². The van der Waals surface area contributed by atoms with Gasteiger partial charge in [0, 0.05) is 5.69 Å². The Morgan fingerprint density at radius 3 is 2.33 bits per heavy atom. The van der Waals surface area contributed by atoms with E-state index in [9.17, 15) is 14.4 Å². The minimum Gasteiger partial charge on any atom is -0.411 e. The predicted octanol–water partition coefficient (Wildman–Crippen LogP) is 3.14. The van der Waals surface area contributed by atoms with E-state index in [0.29, 0.717) is 16.9 Å². The highest BCUT2D eigenvalue weighted by molar-refractivity contribution is 6.52. The number of ketones is 1. The van der Waals surface area contributed by atoms with E-state index >= 15 is 0 Å². The highest BCUT2D eigenvalue weighted by atomic mass is 16.4. The van der Waals surface area contributed by atoms with Crippen LogP contribution >= 0.6 is 0 Å². The Bertz CT molecular complexity index is 948. The van der Waals surface area contributed by atoms with Crippen LogP contribution in [0.2, 0.25) is 0 Å². The van der Waals surface area contributed by atoms with Crippen LogP contribution in [0.3, 0.4) is 0 Å². The number of nitrogens with one attached hydrogen (secondary N) is 2. The third-order valence-corrected chi connectivity index (χ3v) is 4.37. The second-order valence-electron chi connectivity index (χ2n) is 6.25. The number of fused-ring (bicyclic) bond motifs is 1. The summed E-state index contributed by atoms with van der Waals surface area (Å²) in [6, 6.07) is 9.23. The first-order valence-corrected chi connectivity index (χ1v) is 8.26. The van der Waals surface area contributed by atoms with Crippen LogP contribution in [0.4, 0.5) is 11.4 Å². The molecule has 0 aromatic heterocycles. The molecule has 2 aromatic rings. The van der Waals surface area contributed by atoms with Gasteiger partial charge in [0.15, 0.2) is 0 Å². The number of hydrogen-bond acceptors (Lipinski definition) is 5. The molecule has 0 radical (unpaired) electrons. The topological polar surface area (TPSA) is 108 Å². The van der Waals surface area contributed by atoms with Gasteiger partial charge in [0.2, 0.25) is 0 Å². The van der Waals surface area contributed by atoms with E-state index in [0.717, 1.165) is 22.9 Å². The van der Waals surface area contributed by atoms with E-state index in [2.05, 4.69) is 15.8 Å². The summed E-state index contributed by atoms with van der Waals surface area (Å²) in [5.41, 5.74) is 6.05. The highest BCUT2D eigenvalue weighted by Gasteiger charge is 2.29. The van der Waals surface area contributed by atoms with E-state index in [1.54, 1.807) is 12.1 Å². The molecule has 1 heterocycles. The highest BCUT2D eigenvalue weighted by Crippen LogP contribution is 2.27. The molecule has 0 saturated carbocycles. The molecule has 0 spiro atoms. The van der Waals surface area contributed by atoms with Crippen molar-refractivity contribution in [1.29, 1.82) is 0 Å². The van der Waals surface area contributed by atoms with Crippen molar-refractivity contribution < 1.29 is 19.6 Å². The first-order valence-electron chi connectivity index (χ1n) is 8.26. The zero-order valence-corrected chi connectivity index (χ0v) is 15.6. The molecule has 2 aromatic carbocycles. The molecule has 140 valence electrons. The second kappa shape index (κ2) is 8.27. The van der Waals surface area contributed by atoms with Gasteiger partial charge in [-0.1, -0.05) is 17.3 Å². The second-order valence-corrected chi connectivity index (χ2v) is 6.25. The Hall–Kier alpha value is -3.48. The first-order chi connectivity index (χ1) is 12.7. The molecule has 3 rings (SSSR count). The van der Waals surface area contributed by atoms with Crippen molar-refractivity contribution in [3.8, 4) is 0 Å². The van der Waals surface area contributed by atoms with Crippen LogP contribution in [0.15, 0.2) is 35.5 Å². The van der Waals surface area contributed by atoms with E-state index in [4.69, 9.17) is 5.21 Å². The van der Waals surface area contributed by atoms with Crippen molar-refractivity contribution in [3.63, 3.8) is 0 Å². The molecule has 7 heteroatoms. The van der Waals surface area contributed by atoms with E-state index in [-0.39, 0.29) is 0 Å². The average Bonchev–Trinajstić information content (AvgIpc) is 2.90. The van der Waals surface area contributed by atoms with Crippen LogP contribution in [0, 0.1) is 27.7 Å². The van der Waals surface area contributed by atoms with Crippen molar-refractivity contribution >= 4 is 35.2 Å². The van der Waals surface area contributed by atoms with Crippen molar-refractivity contribution in [2.45, 2.75) is 27.7 Å². The number of oxime groups is 1. The van der Waals surface area contributed by atoms with Gasteiger partial charge in [0.25, 0.3) is 17.6 Å². The van der Waals surface area contributed by atoms with Gasteiger partial charge in [-0.3, -0.25) is 14.4 Å². The summed E-state index contributed by atoms with van der Waals surface area (Å²) in [6.07, 6.45) is 0.815. The fourth-order valence-corrected chi connectivity index (χ4v) is 2.55. The lowest BCUT2D eigenvalue weighted by atomic mass is 10.0. The maximum atomic E-state index is 11.4. The largest absolute Gasteiger partial charge is 0.411 e. The number of benzene rings is 2. The Morgan fingerprint density at radius 1 is 1.04 bits per heavy atom. The SMILES string of the molecule is Cc1ccc(NC(=O)C=NO)cc1C.Cc1ccc2c(c1C)C(=O)C(=O)N2. The predicted molar refractivity (Wildman–Crippen MR) is 104 cm³/mol. The minimum absolute atomic E-state index is 0.420. The van der Waals surface area contributed by atoms with Crippen LogP contribution in [0.5, 0.6) is 0 Å². The lowest BCUT2D eigenvalue weighted by Gasteiger charge is -2.04. The Morgan fingerprint density at radius 2 is 1.70 bits per heavy atom. The standard InChI is InChI=1S/C10H12N2O2.C10H9NO2/c1-7-3-4-9(5-8(7)2)12-10(13)6-11-14;1-5-3-4-7-8(6(5)2)9(12)10(13)11-7/h3-6,14H,1-2H3,(H,12,13);3-4H,1-2H3,(H,11,12,13). The van der Waals surface area contributed by atoms with E-state index in [1.807, 2.05) is 45.9 Å². The Kier molecular flexibility index (Phi) is 6.07. The van der Waals surface area contributed by atoms with E-state index in [1.165, 1.54) is 5.56 Å². The molecule has 3 N–H and O–H groups in total. The number of Topliss-reactive ketones (excluding diaryl/α,β-unsaturated/α-hetero) is 1. The number of rotatable bonds is 2. The number of anilines is 2. The summed E-state index contributed by atoms with van der Waals surface area (Å²) in [7, 11) is 0. The molecule has 0 atom stereocenters. The molecule has 0 saturated heterocycles. The molecule has 0 unspecified atom stereocenters. The lowest BCUT2D eigenvalue weighted by Crippen LogP contribution is -2.12.